The van der Waals surface area contributed by atoms with E-state index in [1.807, 2.05) is 24.3 Å². The summed E-state index contributed by atoms with van der Waals surface area (Å²) in [7, 11) is 0. The molecular formula is C27H27N3O3. The molecule has 33 heavy (non-hydrogen) atoms. The third kappa shape index (κ3) is 5.86. The van der Waals surface area contributed by atoms with Crippen LogP contribution in [-0.2, 0) is 4.79 Å². The van der Waals surface area contributed by atoms with E-state index in [4.69, 9.17) is 0 Å². The summed E-state index contributed by atoms with van der Waals surface area (Å²) in [6, 6.07) is 24.0. The second kappa shape index (κ2) is 10.6. The Hall–Kier alpha value is -3.93. The first-order chi connectivity index (χ1) is 16.1. The predicted molar refractivity (Wildman–Crippen MR) is 128 cm³/mol. The van der Waals surface area contributed by atoms with E-state index in [9.17, 15) is 14.4 Å². The highest BCUT2D eigenvalue weighted by molar-refractivity contribution is 6.02. The summed E-state index contributed by atoms with van der Waals surface area (Å²) in [5, 5.41) is 8.73. The van der Waals surface area contributed by atoms with E-state index >= 15 is 0 Å². The number of carbonyl (C=O) groups is 3. The number of carbonyl (C=O) groups excluding carboxylic acids is 3. The summed E-state index contributed by atoms with van der Waals surface area (Å²) in [5.41, 5.74) is 2.25. The highest BCUT2D eigenvalue weighted by Crippen LogP contribution is 2.20. The molecule has 0 aliphatic heterocycles. The van der Waals surface area contributed by atoms with Gasteiger partial charge in [-0.2, -0.15) is 0 Å². The van der Waals surface area contributed by atoms with E-state index in [0.29, 0.717) is 22.4 Å². The Labute approximate surface area is 193 Å². The molecule has 0 radical (unpaired) electrons. The first-order valence-corrected chi connectivity index (χ1v) is 11.2. The molecule has 0 bridgehead atoms. The van der Waals surface area contributed by atoms with Crippen LogP contribution in [0.3, 0.4) is 0 Å². The Kier molecular flexibility index (Phi) is 7.15. The van der Waals surface area contributed by atoms with E-state index in [2.05, 4.69) is 16.0 Å². The molecule has 3 N–H and O–H groups in total. The van der Waals surface area contributed by atoms with E-state index < -0.39 is 6.04 Å². The molecule has 6 heteroatoms. The quantitative estimate of drug-likeness (QED) is 0.506. The molecule has 1 saturated carbocycles. The number of rotatable bonds is 7. The summed E-state index contributed by atoms with van der Waals surface area (Å²) in [5.74, 6) is -0.802. The zero-order chi connectivity index (χ0) is 23.0. The molecule has 1 atom stereocenters. The number of benzene rings is 3. The Balaban J connectivity index is 1.45. The van der Waals surface area contributed by atoms with Crippen LogP contribution in [0.15, 0.2) is 84.9 Å². The molecule has 1 fully saturated rings. The average molecular weight is 442 g/mol. The second-order valence-corrected chi connectivity index (χ2v) is 8.20. The maximum Gasteiger partial charge on any atom is 0.252 e. The fourth-order valence-electron chi connectivity index (χ4n) is 4.01. The van der Waals surface area contributed by atoms with E-state index in [-0.39, 0.29) is 23.8 Å². The van der Waals surface area contributed by atoms with Crippen molar-refractivity contribution in [3.8, 4) is 0 Å². The first-order valence-electron chi connectivity index (χ1n) is 11.2. The minimum atomic E-state index is -0.871. The predicted octanol–water partition coefficient (Wildman–Crippen LogP) is 4.47. The lowest BCUT2D eigenvalue weighted by atomic mass is 10.0. The van der Waals surface area contributed by atoms with Gasteiger partial charge >= 0.3 is 0 Å². The van der Waals surface area contributed by atoms with Crippen LogP contribution in [0.5, 0.6) is 0 Å². The third-order valence-electron chi connectivity index (χ3n) is 5.81. The molecule has 6 nitrogen and oxygen atoms in total. The zero-order valence-electron chi connectivity index (χ0n) is 18.3. The van der Waals surface area contributed by atoms with Crippen molar-refractivity contribution in [2.24, 2.45) is 0 Å². The number of hydrogen-bond acceptors (Lipinski definition) is 3. The molecular weight excluding hydrogens is 414 g/mol. The summed E-state index contributed by atoms with van der Waals surface area (Å²) in [6.07, 6.45) is 4.35. The molecule has 4 rings (SSSR count). The Morgan fingerprint density at radius 3 is 1.91 bits per heavy atom. The Morgan fingerprint density at radius 2 is 1.27 bits per heavy atom. The lowest BCUT2D eigenvalue weighted by molar-refractivity contribution is -0.118. The maximum absolute atomic E-state index is 13.1. The average Bonchev–Trinajstić information content (AvgIpc) is 3.37. The van der Waals surface area contributed by atoms with Gasteiger partial charge in [0.15, 0.2) is 0 Å². The van der Waals surface area contributed by atoms with Gasteiger partial charge in [0, 0.05) is 22.9 Å². The van der Waals surface area contributed by atoms with E-state index in [1.54, 1.807) is 60.7 Å². The fraction of sp³-hybridized carbons (Fsp3) is 0.222. The summed E-state index contributed by atoms with van der Waals surface area (Å²) in [6.45, 7) is 0. The maximum atomic E-state index is 13.1. The standard InChI is InChI=1S/C27H27N3O3/c31-25(28-22-13-7-8-14-22)21-15-17-23(18-16-21)29-27(33)24(19-9-3-1-4-10-19)30-26(32)20-11-5-2-6-12-20/h1-6,9-12,15-18,22,24H,7-8,13-14H2,(H,28,31)(H,29,33)(H,30,32). The van der Waals surface area contributed by atoms with Crippen LogP contribution in [0, 0.1) is 0 Å². The molecule has 1 unspecified atom stereocenters. The summed E-state index contributed by atoms with van der Waals surface area (Å²) in [4.78, 5) is 38.3. The monoisotopic (exact) mass is 441 g/mol. The van der Waals surface area contributed by atoms with Crippen molar-refractivity contribution in [2.45, 2.75) is 37.8 Å². The van der Waals surface area contributed by atoms with Gasteiger partial charge < -0.3 is 16.0 Å². The van der Waals surface area contributed by atoms with Crippen molar-refractivity contribution in [2.75, 3.05) is 5.32 Å². The molecule has 0 saturated heterocycles. The Bertz CT molecular complexity index is 1090. The minimum absolute atomic E-state index is 0.0999. The van der Waals surface area contributed by atoms with Gasteiger partial charge in [-0.25, -0.2) is 0 Å². The van der Waals surface area contributed by atoms with Crippen LogP contribution in [0.2, 0.25) is 0 Å². The first kappa shape index (κ1) is 22.3. The van der Waals surface area contributed by atoms with Crippen LogP contribution in [-0.4, -0.2) is 23.8 Å². The Morgan fingerprint density at radius 1 is 0.697 bits per heavy atom. The van der Waals surface area contributed by atoms with Crippen molar-refractivity contribution in [3.05, 3.63) is 102 Å². The van der Waals surface area contributed by atoms with Crippen LogP contribution in [0.25, 0.3) is 0 Å². The number of amides is 3. The van der Waals surface area contributed by atoms with Gasteiger partial charge in [0.05, 0.1) is 0 Å². The summed E-state index contributed by atoms with van der Waals surface area (Å²) < 4.78 is 0. The second-order valence-electron chi connectivity index (χ2n) is 8.20. The summed E-state index contributed by atoms with van der Waals surface area (Å²) >= 11 is 0. The number of anilines is 1. The number of nitrogens with one attached hydrogen (secondary N) is 3. The van der Waals surface area contributed by atoms with Crippen LogP contribution in [0.4, 0.5) is 5.69 Å². The fourth-order valence-corrected chi connectivity index (χ4v) is 4.01. The molecule has 3 aromatic rings. The molecule has 0 aromatic heterocycles. The van der Waals surface area contributed by atoms with Gasteiger partial charge in [0.25, 0.3) is 17.7 Å². The van der Waals surface area contributed by atoms with Crippen LogP contribution < -0.4 is 16.0 Å². The van der Waals surface area contributed by atoms with E-state index in [0.717, 1.165) is 25.7 Å². The van der Waals surface area contributed by atoms with Gasteiger partial charge in [-0.3, -0.25) is 14.4 Å². The third-order valence-corrected chi connectivity index (χ3v) is 5.81. The topological polar surface area (TPSA) is 87.3 Å². The van der Waals surface area contributed by atoms with Crippen LogP contribution >= 0.6 is 0 Å². The lowest BCUT2D eigenvalue weighted by Crippen LogP contribution is -2.37. The molecule has 168 valence electrons. The van der Waals surface area contributed by atoms with Crippen molar-refractivity contribution in [1.82, 2.24) is 10.6 Å². The largest absolute Gasteiger partial charge is 0.349 e. The molecule has 1 aliphatic carbocycles. The SMILES string of the molecule is O=C(NC1CCCC1)c1ccc(NC(=O)C(NC(=O)c2ccccc2)c2ccccc2)cc1. The smallest absolute Gasteiger partial charge is 0.252 e. The highest BCUT2D eigenvalue weighted by atomic mass is 16.2. The van der Waals surface area contributed by atoms with Gasteiger partial charge in [-0.1, -0.05) is 61.4 Å². The van der Waals surface area contributed by atoms with Gasteiger partial charge in [0.2, 0.25) is 0 Å². The highest BCUT2D eigenvalue weighted by Gasteiger charge is 2.24. The zero-order valence-corrected chi connectivity index (χ0v) is 18.3. The van der Waals surface area contributed by atoms with Crippen molar-refractivity contribution in [1.29, 1.82) is 0 Å². The van der Waals surface area contributed by atoms with Gasteiger partial charge in [-0.15, -0.1) is 0 Å². The van der Waals surface area contributed by atoms with Crippen molar-refractivity contribution < 1.29 is 14.4 Å². The van der Waals surface area contributed by atoms with Crippen molar-refractivity contribution >= 4 is 23.4 Å². The van der Waals surface area contributed by atoms with E-state index in [1.165, 1.54) is 0 Å². The number of hydrogen-bond donors (Lipinski definition) is 3. The lowest BCUT2D eigenvalue weighted by Gasteiger charge is -2.19. The molecule has 3 aromatic carbocycles. The van der Waals surface area contributed by atoms with Crippen molar-refractivity contribution in [3.63, 3.8) is 0 Å². The van der Waals surface area contributed by atoms with Crippen LogP contribution in [0.1, 0.15) is 58.0 Å². The molecule has 0 heterocycles. The normalized spacial score (nSPS) is 14.3. The minimum Gasteiger partial charge on any atom is -0.349 e. The van der Waals surface area contributed by atoms with Gasteiger partial charge in [-0.05, 0) is 54.8 Å². The van der Waals surface area contributed by atoms with Gasteiger partial charge in [0.1, 0.15) is 6.04 Å². The molecule has 1 aliphatic rings. The molecule has 3 amide bonds. The molecule has 0 spiro atoms.